The van der Waals surface area contributed by atoms with E-state index in [9.17, 15) is 9.59 Å². The highest BCUT2D eigenvalue weighted by Crippen LogP contribution is 2.29. The number of fused-ring (bicyclic) bond motifs is 1. The van der Waals surface area contributed by atoms with Gasteiger partial charge in [0.25, 0.3) is 11.8 Å². The van der Waals surface area contributed by atoms with Crippen molar-refractivity contribution in [3.05, 3.63) is 75.7 Å². The molecule has 26 heavy (non-hydrogen) atoms. The maximum Gasteiger partial charge on any atom is 0.279 e. The highest BCUT2D eigenvalue weighted by Gasteiger charge is 2.17. The van der Waals surface area contributed by atoms with Crippen LogP contribution in [-0.2, 0) is 12.8 Å². The molecule has 0 atom stereocenters. The van der Waals surface area contributed by atoms with Crippen LogP contribution in [0.3, 0.4) is 0 Å². The molecule has 4 rings (SSSR count). The molecule has 0 saturated heterocycles. The number of aryl methyl sites for hydroxylation is 2. The van der Waals surface area contributed by atoms with Crippen molar-refractivity contribution in [1.82, 2.24) is 15.4 Å². The highest BCUT2D eigenvalue weighted by molar-refractivity contribution is 7.14. The zero-order valence-electron chi connectivity index (χ0n) is 14.2. The number of hydrazine groups is 1. The van der Waals surface area contributed by atoms with Gasteiger partial charge in [0, 0.05) is 28.5 Å². The number of benzene rings is 1. The third kappa shape index (κ3) is 3.41. The number of carbonyl (C=O) groups excluding carboxylic acids is 2. The molecule has 2 aromatic heterocycles. The van der Waals surface area contributed by atoms with Gasteiger partial charge in [0.05, 0.1) is 4.88 Å². The van der Waals surface area contributed by atoms with Crippen molar-refractivity contribution < 1.29 is 9.59 Å². The third-order valence-electron chi connectivity index (χ3n) is 4.54. The Morgan fingerprint density at radius 3 is 2.35 bits per heavy atom. The monoisotopic (exact) mass is 365 g/mol. The SMILES string of the molecule is O=C(NNC(=O)c1cc2c(s1)CCCC2)c1ccc(-n2cccc2)cc1. The summed E-state index contributed by atoms with van der Waals surface area (Å²) >= 11 is 1.53. The zero-order chi connectivity index (χ0) is 17.9. The first kappa shape index (κ1) is 16.6. The number of amides is 2. The van der Waals surface area contributed by atoms with Gasteiger partial charge in [-0.1, -0.05) is 0 Å². The normalized spacial score (nSPS) is 13.1. The van der Waals surface area contributed by atoms with Crippen molar-refractivity contribution in [2.75, 3.05) is 0 Å². The van der Waals surface area contributed by atoms with E-state index in [0.29, 0.717) is 10.4 Å². The molecule has 5 nitrogen and oxygen atoms in total. The fourth-order valence-electron chi connectivity index (χ4n) is 3.14. The van der Waals surface area contributed by atoms with Crippen LogP contribution in [0.2, 0.25) is 0 Å². The van der Waals surface area contributed by atoms with E-state index >= 15 is 0 Å². The maximum absolute atomic E-state index is 12.3. The third-order valence-corrected chi connectivity index (χ3v) is 5.78. The second-order valence-electron chi connectivity index (χ2n) is 6.31. The number of aromatic nitrogens is 1. The van der Waals surface area contributed by atoms with Crippen LogP contribution in [0.15, 0.2) is 54.9 Å². The van der Waals surface area contributed by atoms with Crippen LogP contribution >= 0.6 is 11.3 Å². The number of rotatable bonds is 3. The molecule has 0 radical (unpaired) electrons. The molecule has 6 heteroatoms. The molecule has 1 aliphatic rings. The molecule has 3 aromatic rings. The molecular formula is C20H19N3O2S. The Balaban J connectivity index is 1.37. The predicted octanol–water partition coefficient (Wildman–Crippen LogP) is 3.49. The van der Waals surface area contributed by atoms with E-state index in [0.717, 1.165) is 18.5 Å². The van der Waals surface area contributed by atoms with Crippen LogP contribution in [0, 0.1) is 0 Å². The molecule has 132 valence electrons. The summed E-state index contributed by atoms with van der Waals surface area (Å²) in [6.07, 6.45) is 8.34. The summed E-state index contributed by atoms with van der Waals surface area (Å²) in [6.45, 7) is 0. The molecule has 2 amide bonds. The molecule has 0 aliphatic heterocycles. The van der Waals surface area contributed by atoms with Crippen LogP contribution in [0.5, 0.6) is 0 Å². The van der Waals surface area contributed by atoms with E-state index in [-0.39, 0.29) is 11.8 Å². The Morgan fingerprint density at radius 2 is 1.62 bits per heavy atom. The summed E-state index contributed by atoms with van der Waals surface area (Å²) in [5, 5.41) is 0. The highest BCUT2D eigenvalue weighted by atomic mass is 32.1. The lowest BCUT2D eigenvalue weighted by Crippen LogP contribution is -2.41. The van der Waals surface area contributed by atoms with Crippen molar-refractivity contribution in [3.8, 4) is 5.69 Å². The minimum atomic E-state index is -0.335. The van der Waals surface area contributed by atoms with Gasteiger partial charge in [-0.2, -0.15) is 0 Å². The summed E-state index contributed by atoms with van der Waals surface area (Å²) in [4.78, 5) is 26.5. The minimum Gasteiger partial charge on any atom is -0.324 e. The first-order valence-electron chi connectivity index (χ1n) is 8.66. The lowest BCUT2D eigenvalue weighted by atomic mass is 9.99. The van der Waals surface area contributed by atoms with Crippen LogP contribution in [0.25, 0.3) is 5.69 Å². The molecular weight excluding hydrogens is 346 g/mol. The number of nitrogens with zero attached hydrogens (tertiary/aromatic N) is 1. The Bertz CT molecular complexity index is 903. The van der Waals surface area contributed by atoms with Gasteiger partial charge in [0.1, 0.15) is 0 Å². The molecule has 0 saturated carbocycles. The molecule has 1 aliphatic carbocycles. The molecule has 0 fully saturated rings. The van der Waals surface area contributed by atoms with Crippen molar-refractivity contribution in [2.45, 2.75) is 25.7 Å². The Kier molecular flexibility index (Phi) is 4.58. The van der Waals surface area contributed by atoms with Gasteiger partial charge >= 0.3 is 0 Å². The summed E-state index contributed by atoms with van der Waals surface area (Å²) in [6, 6.07) is 13.0. The average Bonchev–Trinajstić information content (AvgIpc) is 3.35. The number of nitrogens with one attached hydrogen (secondary N) is 2. The summed E-state index contributed by atoms with van der Waals surface area (Å²) in [5.74, 6) is -0.597. The van der Waals surface area contributed by atoms with Crippen LogP contribution in [-0.4, -0.2) is 16.4 Å². The molecule has 2 N–H and O–H groups in total. The van der Waals surface area contributed by atoms with Gasteiger partial charge in [0.2, 0.25) is 0 Å². The first-order chi connectivity index (χ1) is 12.7. The molecule has 2 heterocycles. The predicted molar refractivity (Wildman–Crippen MR) is 102 cm³/mol. The topological polar surface area (TPSA) is 63.1 Å². The van der Waals surface area contributed by atoms with E-state index in [4.69, 9.17) is 0 Å². The van der Waals surface area contributed by atoms with Gasteiger partial charge in [-0.3, -0.25) is 20.4 Å². The average molecular weight is 365 g/mol. The van der Waals surface area contributed by atoms with Crippen molar-refractivity contribution in [1.29, 1.82) is 0 Å². The van der Waals surface area contributed by atoms with E-state index in [1.165, 1.54) is 34.6 Å². The molecule has 0 bridgehead atoms. The smallest absolute Gasteiger partial charge is 0.279 e. The standard InChI is InChI=1S/C20H19N3O2S/c24-19(14-7-9-16(10-8-14)23-11-3-4-12-23)21-22-20(25)18-13-15-5-1-2-6-17(15)26-18/h3-4,7-13H,1-2,5-6H2,(H,21,24)(H,22,25). The van der Waals surface area contributed by atoms with Gasteiger partial charge < -0.3 is 4.57 Å². The van der Waals surface area contributed by atoms with Gasteiger partial charge in [-0.15, -0.1) is 11.3 Å². The summed E-state index contributed by atoms with van der Waals surface area (Å²) in [5.41, 5.74) is 7.75. The second kappa shape index (κ2) is 7.17. The van der Waals surface area contributed by atoms with Gasteiger partial charge in [-0.25, -0.2) is 0 Å². The van der Waals surface area contributed by atoms with E-state index in [2.05, 4.69) is 10.9 Å². The first-order valence-corrected chi connectivity index (χ1v) is 9.48. The van der Waals surface area contributed by atoms with Gasteiger partial charge in [-0.05, 0) is 73.7 Å². The maximum atomic E-state index is 12.3. The minimum absolute atomic E-state index is 0.262. The molecule has 0 unspecified atom stereocenters. The van der Waals surface area contributed by atoms with E-state index < -0.39 is 0 Å². The lowest BCUT2D eigenvalue weighted by molar-refractivity contribution is 0.0849. The van der Waals surface area contributed by atoms with Crippen LogP contribution < -0.4 is 10.9 Å². The molecule has 0 spiro atoms. The summed E-state index contributed by atoms with van der Waals surface area (Å²) in [7, 11) is 0. The number of hydrogen-bond donors (Lipinski definition) is 2. The zero-order valence-corrected chi connectivity index (χ0v) is 15.0. The number of carbonyl (C=O) groups is 2. The Labute approximate surface area is 155 Å². The number of hydrogen-bond acceptors (Lipinski definition) is 3. The fraction of sp³-hybridized carbons (Fsp3) is 0.200. The van der Waals surface area contributed by atoms with Crippen molar-refractivity contribution in [2.24, 2.45) is 0 Å². The quantitative estimate of drug-likeness (QED) is 0.698. The fourth-order valence-corrected chi connectivity index (χ4v) is 4.29. The molecule has 1 aromatic carbocycles. The lowest BCUT2D eigenvalue weighted by Gasteiger charge is -2.08. The largest absolute Gasteiger partial charge is 0.324 e. The number of thiophene rings is 1. The van der Waals surface area contributed by atoms with Gasteiger partial charge in [0.15, 0.2) is 0 Å². The van der Waals surface area contributed by atoms with E-state index in [1.807, 2.05) is 47.3 Å². The van der Waals surface area contributed by atoms with E-state index in [1.54, 1.807) is 12.1 Å². The van der Waals surface area contributed by atoms with Crippen LogP contribution in [0.4, 0.5) is 0 Å². The van der Waals surface area contributed by atoms with Crippen LogP contribution in [0.1, 0.15) is 43.3 Å². The van der Waals surface area contributed by atoms with Crippen molar-refractivity contribution >= 4 is 23.2 Å². The Hall–Kier alpha value is -2.86. The Morgan fingerprint density at radius 1 is 0.923 bits per heavy atom. The second-order valence-corrected chi connectivity index (χ2v) is 7.45. The summed E-state index contributed by atoms with van der Waals surface area (Å²) < 4.78 is 1.96. The van der Waals surface area contributed by atoms with Crippen molar-refractivity contribution in [3.63, 3.8) is 0 Å².